The van der Waals surface area contributed by atoms with Crippen LogP contribution in [0, 0.1) is 0 Å². The summed E-state index contributed by atoms with van der Waals surface area (Å²) < 4.78 is 9.21. The molecule has 0 saturated carbocycles. The Kier molecular flexibility index (Phi) is 9.44. The number of H-pyrrole nitrogens is 2. The van der Waals surface area contributed by atoms with Crippen LogP contribution in [0.5, 0.6) is 0 Å². The average molecular weight is 617 g/mol. The highest BCUT2D eigenvalue weighted by Gasteiger charge is 2.18. The van der Waals surface area contributed by atoms with E-state index in [0.717, 1.165) is 49.7 Å². The molecule has 1 amide bonds. The number of halogens is 1. The Bertz CT molecular complexity index is 1870. The number of carbonyl (C=O) groups is 1. The summed E-state index contributed by atoms with van der Waals surface area (Å²) in [5.41, 5.74) is 13.2. The highest BCUT2D eigenvalue weighted by Crippen LogP contribution is 2.30. The second-order valence-corrected chi connectivity index (χ2v) is 12.2. The van der Waals surface area contributed by atoms with Gasteiger partial charge in [-0.1, -0.05) is 12.1 Å². The number of carbonyl (C=O) groups excluding carboxylic acids is 1. The predicted molar refractivity (Wildman–Crippen MR) is 181 cm³/mol. The van der Waals surface area contributed by atoms with Gasteiger partial charge in [0.05, 0.1) is 23.8 Å². The van der Waals surface area contributed by atoms with E-state index in [1.54, 1.807) is 6.20 Å². The van der Waals surface area contributed by atoms with Crippen molar-refractivity contribution < 1.29 is 9.53 Å². The van der Waals surface area contributed by atoms with Gasteiger partial charge in [-0.3, -0.25) is 14.7 Å². The van der Waals surface area contributed by atoms with E-state index in [1.807, 2.05) is 79.2 Å². The van der Waals surface area contributed by atoms with Crippen molar-refractivity contribution in [2.75, 3.05) is 11.1 Å². The molecule has 0 unspecified atom stereocenters. The first-order valence-electron chi connectivity index (χ1n) is 14.4. The minimum Gasteiger partial charge on any atom is -0.444 e. The average Bonchev–Trinajstić information content (AvgIpc) is 3.75. The molecule has 11 heteroatoms. The first-order valence-corrected chi connectivity index (χ1v) is 14.4. The molecule has 2 aromatic carbocycles. The van der Waals surface area contributed by atoms with Gasteiger partial charge in [0.15, 0.2) is 0 Å². The number of aromatic nitrogens is 6. The van der Waals surface area contributed by atoms with Crippen molar-refractivity contribution in [3.8, 4) is 22.3 Å². The zero-order chi connectivity index (χ0) is 30.9. The van der Waals surface area contributed by atoms with Gasteiger partial charge in [0, 0.05) is 69.8 Å². The third kappa shape index (κ3) is 7.26. The van der Waals surface area contributed by atoms with Crippen LogP contribution in [-0.4, -0.2) is 41.2 Å². The molecule has 0 spiro atoms. The lowest BCUT2D eigenvalue weighted by Crippen LogP contribution is -2.27. The van der Waals surface area contributed by atoms with Gasteiger partial charge in [-0.05, 0) is 83.9 Å². The maximum Gasteiger partial charge on any atom is 0.412 e. The Balaban J connectivity index is 0.000000206. The van der Waals surface area contributed by atoms with E-state index in [0.29, 0.717) is 17.8 Å². The van der Waals surface area contributed by atoms with Gasteiger partial charge in [0.2, 0.25) is 0 Å². The van der Waals surface area contributed by atoms with Gasteiger partial charge in [-0.2, -0.15) is 10.2 Å². The maximum atomic E-state index is 12.0. The first-order chi connectivity index (χ1) is 20.4. The zero-order valence-corrected chi connectivity index (χ0v) is 27.0. The van der Waals surface area contributed by atoms with E-state index < -0.39 is 11.7 Å². The van der Waals surface area contributed by atoms with Gasteiger partial charge in [0.25, 0.3) is 0 Å². The molecule has 10 nitrogen and oxygen atoms in total. The lowest BCUT2D eigenvalue weighted by molar-refractivity contribution is 0.0636. The lowest BCUT2D eigenvalue weighted by Gasteiger charge is -2.19. The van der Waals surface area contributed by atoms with Crippen LogP contribution in [0.3, 0.4) is 0 Å². The first kappa shape index (κ1) is 32.2. The van der Waals surface area contributed by atoms with Crippen molar-refractivity contribution in [3.05, 3.63) is 73.6 Å². The summed E-state index contributed by atoms with van der Waals surface area (Å²) in [5.74, 6) is 0. The molecule has 0 fully saturated rings. The number of hydrogen-bond acceptors (Lipinski definition) is 5. The molecule has 0 aliphatic rings. The van der Waals surface area contributed by atoms with E-state index in [-0.39, 0.29) is 12.4 Å². The minimum absolute atomic E-state index is 0. The van der Waals surface area contributed by atoms with Crippen molar-refractivity contribution in [1.29, 1.82) is 0 Å². The van der Waals surface area contributed by atoms with Crippen LogP contribution >= 0.6 is 12.4 Å². The highest BCUT2D eigenvalue weighted by atomic mass is 35.5. The number of rotatable bonds is 5. The van der Waals surface area contributed by atoms with Crippen molar-refractivity contribution in [1.82, 2.24) is 29.5 Å². The Morgan fingerprint density at radius 2 is 1.32 bits per heavy atom. The number of fused-ring (bicyclic) bond motifs is 2. The Morgan fingerprint density at radius 3 is 1.82 bits per heavy atom. The fourth-order valence-corrected chi connectivity index (χ4v) is 4.68. The van der Waals surface area contributed by atoms with Crippen LogP contribution in [0.4, 0.5) is 16.2 Å². The summed E-state index contributed by atoms with van der Waals surface area (Å²) in [6.45, 7) is 13.9. The number of ether oxygens (including phenoxy) is 1. The molecule has 232 valence electrons. The summed E-state index contributed by atoms with van der Waals surface area (Å²) in [4.78, 5) is 18.4. The largest absolute Gasteiger partial charge is 0.444 e. The van der Waals surface area contributed by atoms with Gasteiger partial charge in [0.1, 0.15) is 5.60 Å². The molecule has 6 rings (SSSR count). The number of nitrogens with one attached hydrogen (secondary N) is 3. The van der Waals surface area contributed by atoms with Crippen molar-refractivity contribution >= 4 is 51.7 Å². The second-order valence-electron chi connectivity index (χ2n) is 12.2. The van der Waals surface area contributed by atoms with Crippen LogP contribution in [0.1, 0.15) is 60.5 Å². The topological polar surface area (TPSA) is 132 Å². The predicted octanol–water partition coefficient (Wildman–Crippen LogP) is 8.58. The normalized spacial score (nSPS) is 11.5. The van der Waals surface area contributed by atoms with Gasteiger partial charge in [-0.15, -0.1) is 12.4 Å². The van der Waals surface area contributed by atoms with Crippen LogP contribution in [-0.2, 0) is 4.74 Å². The van der Waals surface area contributed by atoms with Crippen LogP contribution in [0.15, 0.2) is 73.6 Å². The zero-order valence-electron chi connectivity index (χ0n) is 26.2. The van der Waals surface area contributed by atoms with E-state index in [1.165, 1.54) is 0 Å². The summed E-state index contributed by atoms with van der Waals surface area (Å²) in [7, 11) is 0. The fourth-order valence-electron chi connectivity index (χ4n) is 4.68. The second kappa shape index (κ2) is 12.9. The molecule has 44 heavy (non-hydrogen) atoms. The van der Waals surface area contributed by atoms with E-state index in [4.69, 9.17) is 10.5 Å². The summed E-state index contributed by atoms with van der Waals surface area (Å²) in [6.07, 6.45) is 11.0. The third-order valence-electron chi connectivity index (χ3n) is 6.96. The molecule has 0 bridgehead atoms. The standard InChI is InChI=1S/C19H24N4O2.C14H16N4.ClH/c1-12(2)23-11-14(9-21-23)13-6-7-16-15(8-13)17(10-20-16)22-18(24)25-19(3,4)5;1-9(2)18-8-11(6-17-18)10-3-4-14-12(5-10)13(15)7-16-14;/h6-12,20H,1-5H3,(H,22,24);3-9,16H,15H2,1-2H3;1H. The van der Waals surface area contributed by atoms with Crippen molar-refractivity contribution in [2.24, 2.45) is 0 Å². The quantitative estimate of drug-likeness (QED) is 0.154. The Morgan fingerprint density at radius 1 is 0.818 bits per heavy atom. The van der Waals surface area contributed by atoms with Gasteiger partial charge in [-0.25, -0.2) is 4.79 Å². The van der Waals surface area contributed by atoms with E-state index in [2.05, 4.69) is 71.5 Å². The van der Waals surface area contributed by atoms with Gasteiger partial charge >= 0.3 is 6.09 Å². The Labute approximate surface area is 263 Å². The van der Waals surface area contributed by atoms with Gasteiger partial charge < -0.3 is 20.4 Å². The van der Waals surface area contributed by atoms with E-state index >= 15 is 0 Å². The molecule has 6 aromatic rings. The number of hydrogen-bond donors (Lipinski definition) is 4. The molecule has 4 aromatic heterocycles. The molecule has 0 radical (unpaired) electrons. The number of nitrogens with two attached hydrogens (primary N) is 1. The SMILES string of the molecule is CC(C)n1cc(-c2ccc3[nH]cc(N)c3c2)cn1.CC(C)n1cc(-c2ccc3[nH]cc(NC(=O)OC(C)(C)C)c3c2)cn1.Cl. The molecular formula is C33H41ClN8O2. The Hall–Kier alpha value is -4.70. The summed E-state index contributed by atoms with van der Waals surface area (Å²) in [6, 6.07) is 13.0. The smallest absolute Gasteiger partial charge is 0.412 e. The molecule has 4 heterocycles. The molecular weight excluding hydrogens is 576 g/mol. The monoisotopic (exact) mass is 616 g/mol. The molecule has 5 N–H and O–H groups in total. The molecule has 0 saturated heterocycles. The number of amides is 1. The molecule has 0 aliphatic heterocycles. The van der Waals surface area contributed by atoms with Crippen LogP contribution in [0.2, 0.25) is 0 Å². The third-order valence-corrected chi connectivity index (χ3v) is 6.96. The highest BCUT2D eigenvalue weighted by molar-refractivity contribution is 6.01. The molecule has 0 aliphatic carbocycles. The summed E-state index contributed by atoms with van der Waals surface area (Å²) in [5, 5.41) is 13.6. The number of nitrogens with zero attached hydrogens (tertiary/aromatic N) is 4. The number of benzene rings is 2. The number of nitrogen functional groups attached to an aromatic ring is 1. The van der Waals surface area contributed by atoms with E-state index in [9.17, 15) is 4.79 Å². The summed E-state index contributed by atoms with van der Waals surface area (Å²) >= 11 is 0. The number of anilines is 2. The van der Waals surface area contributed by atoms with Crippen molar-refractivity contribution in [2.45, 2.75) is 66.2 Å². The minimum atomic E-state index is -0.535. The molecule has 0 atom stereocenters. The lowest BCUT2D eigenvalue weighted by atomic mass is 10.1. The van der Waals surface area contributed by atoms with Crippen LogP contribution in [0.25, 0.3) is 44.1 Å². The maximum absolute atomic E-state index is 12.0. The van der Waals surface area contributed by atoms with Crippen molar-refractivity contribution in [3.63, 3.8) is 0 Å². The van der Waals surface area contributed by atoms with Crippen LogP contribution < -0.4 is 11.1 Å². The number of aromatic amines is 2. The fraction of sp³-hybridized carbons (Fsp3) is 0.303.